The first-order valence-electron chi connectivity index (χ1n) is 6.28. The molecule has 21 heavy (non-hydrogen) atoms. The van der Waals surface area contributed by atoms with Gasteiger partial charge in [0, 0.05) is 5.56 Å². The Balaban J connectivity index is 1.95. The Morgan fingerprint density at radius 1 is 1.10 bits per heavy atom. The van der Waals surface area contributed by atoms with Crippen LogP contribution in [0.4, 0.5) is 0 Å². The molecule has 0 aliphatic heterocycles. The molecular formula is C15H12ClN3OS. The van der Waals surface area contributed by atoms with Gasteiger partial charge in [0.1, 0.15) is 15.8 Å². The summed E-state index contributed by atoms with van der Waals surface area (Å²) in [6.07, 6.45) is 0. The number of rotatable bonds is 3. The molecule has 2 aromatic carbocycles. The molecule has 0 spiro atoms. The Labute approximate surface area is 130 Å². The van der Waals surface area contributed by atoms with Crippen LogP contribution in [0, 0.1) is 0 Å². The Morgan fingerprint density at radius 2 is 1.86 bits per heavy atom. The molecule has 0 saturated carbocycles. The van der Waals surface area contributed by atoms with Crippen molar-refractivity contribution < 1.29 is 5.11 Å². The van der Waals surface area contributed by atoms with E-state index in [0.29, 0.717) is 20.6 Å². The highest BCUT2D eigenvalue weighted by Crippen LogP contribution is 2.34. The molecule has 3 rings (SSSR count). The number of phenols is 1. The molecular weight excluding hydrogens is 306 g/mol. The predicted octanol–water partition coefficient (Wildman–Crippen LogP) is 3.61. The maximum absolute atomic E-state index is 9.57. The van der Waals surface area contributed by atoms with E-state index in [1.807, 2.05) is 30.3 Å². The Kier molecular flexibility index (Phi) is 3.88. The lowest BCUT2D eigenvalue weighted by atomic mass is 10.1. The second-order valence-electron chi connectivity index (χ2n) is 4.50. The Bertz CT molecular complexity index is 761. The number of phenolic OH excluding ortho intramolecular Hbond substituents is 1. The van der Waals surface area contributed by atoms with E-state index in [0.717, 1.165) is 5.56 Å². The number of hydrogen-bond acceptors (Lipinski definition) is 5. The van der Waals surface area contributed by atoms with Gasteiger partial charge in [-0.05, 0) is 23.8 Å². The van der Waals surface area contributed by atoms with Gasteiger partial charge in [0.25, 0.3) is 0 Å². The molecule has 0 saturated heterocycles. The van der Waals surface area contributed by atoms with Gasteiger partial charge < -0.3 is 10.8 Å². The molecule has 4 nitrogen and oxygen atoms in total. The minimum atomic E-state index is -0.325. The monoisotopic (exact) mass is 317 g/mol. The molecule has 0 radical (unpaired) electrons. The second kappa shape index (κ2) is 5.81. The van der Waals surface area contributed by atoms with Crippen molar-refractivity contribution in [1.82, 2.24) is 10.2 Å². The third-order valence-corrected chi connectivity index (χ3v) is 4.41. The van der Waals surface area contributed by atoms with E-state index in [-0.39, 0.29) is 11.8 Å². The summed E-state index contributed by atoms with van der Waals surface area (Å²) in [6, 6.07) is 14.1. The van der Waals surface area contributed by atoms with E-state index in [2.05, 4.69) is 10.2 Å². The maximum atomic E-state index is 9.57. The van der Waals surface area contributed by atoms with Gasteiger partial charge >= 0.3 is 0 Å². The van der Waals surface area contributed by atoms with Crippen molar-refractivity contribution in [1.29, 1.82) is 0 Å². The third kappa shape index (κ3) is 2.90. The van der Waals surface area contributed by atoms with E-state index >= 15 is 0 Å². The zero-order chi connectivity index (χ0) is 14.8. The van der Waals surface area contributed by atoms with Crippen molar-refractivity contribution in [2.75, 3.05) is 0 Å². The molecule has 0 bridgehead atoms. The van der Waals surface area contributed by atoms with Crippen LogP contribution in [0.15, 0.2) is 48.5 Å². The van der Waals surface area contributed by atoms with Crippen LogP contribution in [0.1, 0.15) is 16.6 Å². The zero-order valence-electron chi connectivity index (χ0n) is 10.9. The lowest BCUT2D eigenvalue weighted by molar-refractivity contribution is 0.475. The molecule has 1 aromatic heterocycles. The molecule has 3 aromatic rings. The van der Waals surface area contributed by atoms with Crippen molar-refractivity contribution in [3.8, 4) is 16.3 Å². The topological polar surface area (TPSA) is 72.0 Å². The van der Waals surface area contributed by atoms with Crippen LogP contribution in [-0.2, 0) is 0 Å². The van der Waals surface area contributed by atoms with Crippen molar-refractivity contribution in [3.63, 3.8) is 0 Å². The summed E-state index contributed by atoms with van der Waals surface area (Å²) >= 11 is 7.50. The summed E-state index contributed by atoms with van der Waals surface area (Å²) in [7, 11) is 0. The highest BCUT2D eigenvalue weighted by atomic mass is 35.5. The van der Waals surface area contributed by atoms with Gasteiger partial charge in [0.05, 0.1) is 11.1 Å². The van der Waals surface area contributed by atoms with Crippen molar-refractivity contribution in [2.45, 2.75) is 6.04 Å². The normalized spacial score (nSPS) is 12.3. The van der Waals surface area contributed by atoms with Crippen LogP contribution < -0.4 is 5.73 Å². The van der Waals surface area contributed by atoms with E-state index < -0.39 is 0 Å². The number of halogens is 1. The van der Waals surface area contributed by atoms with Crippen LogP contribution >= 0.6 is 22.9 Å². The van der Waals surface area contributed by atoms with Crippen LogP contribution in [-0.4, -0.2) is 15.3 Å². The summed E-state index contributed by atoms with van der Waals surface area (Å²) < 4.78 is 0. The number of aromatic nitrogens is 2. The molecule has 0 aliphatic rings. The summed E-state index contributed by atoms with van der Waals surface area (Å²) in [5.41, 5.74) is 7.83. The van der Waals surface area contributed by atoms with E-state index in [1.54, 1.807) is 12.1 Å². The van der Waals surface area contributed by atoms with Crippen molar-refractivity contribution in [3.05, 3.63) is 64.1 Å². The average molecular weight is 318 g/mol. The van der Waals surface area contributed by atoms with Crippen LogP contribution in [0.25, 0.3) is 10.6 Å². The van der Waals surface area contributed by atoms with Crippen molar-refractivity contribution in [2.24, 2.45) is 5.73 Å². The molecule has 106 valence electrons. The number of nitrogens with two attached hydrogens (primary N) is 1. The molecule has 3 N–H and O–H groups in total. The van der Waals surface area contributed by atoms with E-state index in [9.17, 15) is 5.11 Å². The van der Waals surface area contributed by atoms with Gasteiger partial charge in [-0.3, -0.25) is 0 Å². The first-order chi connectivity index (χ1) is 10.1. The molecule has 1 heterocycles. The quantitative estimate of drug-likeness (QED) is 0.774. The average Bonchev–Trinajstić information content (AvgIpc) is 2.99. The SMILES string of the molecule is NC(c1ccccc1)c1nnc(-c2cc(O)ccc2Cl)s1. The Hall–Kier alpha value is -1.95. The van der Waals surface area contributed by atoms with E-state index in [1.165, 1.54) is 17.4 Å². The lowest BCUT2D eigenvalue weighted by Gasteiger charge is -2.07. The van der Waals surface area contributed by atoms with Gasteiger partial charge in [-0.1, -0.05) is 53.3 Å². The van der Waals surface area contributed by atoms with Gasteiger partial charge in [0.15, 0.2) is 0 Å². The number of nitrogens with zero attached hydrogens (tertiary/aromatic N) is 2. The fraction of sp³-hybridized carbons (Fsp3) is 0.0667. The van der Waals surface area contributed by atoms with Gasteiger partial charge in [-0.2, -0.15) is 0 Å². The summed E-state index contributed by atoms with van der Waals surface area (Å²) in [6.45, 7) is 0. The maximum Gasteiger partial charge on any atom is 0.149 e. The minimum Gasteiger partial charge on any atom is -0.508 e. The largest absolute Gasteiger partial charge is 0.508 e. The molecule has 0 aliphatic carbocycles. The smallest absolute Gasteiger partial charge is 0.149 e. The van der Waals surface area contributed by atoms with Gasteiger partial charge in [-0.25, -0.2) is 0 Å². The number of hydrogen-bond donors (Lipinski definition) is 2. The molecule has 1 atom stereocenters. The summed E-state index contributed by atoms with van der Waals surface area (Å²) in [5, 5.41) is 19.7. The summed E-state index contributed by atoms with van der Waals surface area (Å²) in [4.78, 5) is 0. The minimum absolute atomic E-state index is 0.138. The van der Waals surface area contributed by atoms with Crippen LogP contribution in [0.5, 0.6) is 5.75 Å². The first kappa shape index (κ1) is 14.0. The molecule has 6 heteroatoms. The van der Waals surface area contributed by atoms with Gasteiger partial charge in [-0.15, -0.1) is 10.2 Å². The molecule has 0 amide bonds. The van der Waals surface area contributed by atoms with E-state index in [4.69, 9.17) is 17.3 Å². The molecule has 0 fully saturated rings. The second-order valence-corrected chi connectivity index (χ2v) is 5.91. The van der Waals surface area contributed by atoms with Crippen molar-refractivity contribution >= 4 is 22.9 Å². The van der Waals surface area contributed by atoms with Crippen LogP contribution in [0.3, 0.4) is 0 Å². The third-order valence-electron chi connectivity index (χ3n) is 3.05. The zero-order valence-corrected chi connectivity index (χ0v) is 12.5. The number of benzene rings is 2. The Morgan fingerprint density at radius 3 is 2.62 bits per heavy atom. The summed E-state index contributed by atoms with van der Waals surface area (Å²) in [5.74, 6) is 0.138. The first-order valence-corrected chi connectivity index (χ1v) is 7.47. The predicted molar refractivity (Wildman–Crippen MR) is 84.5 cm³/mol. The standard InChI is InChI=1S/C15H12ClN3OS/c16-12-7-6-10(20)8-11(12)14-18-19-15(21-14)13(17)9-4-2-1-3-5-9/h1-8,13,20H,17H2. The van der Waals surface area contributed by atoms with Gasteiger partial charge in [0.2, 0.25) is 0 Å². The molecule has 1 unspecified atom stereocenters. The lowest BCUT2D eigenvalue weighted by Crippen LogP contribution is -2.11. The van der Waals surface area contributed by atoms with Crippen LogP contribution in [0.2, 0.25) is 5.02 Å². The fourth-order valence-corrected chi connectivity index (χ4v) is 3.12. The highest BCUT2D eigenvalue weighted by molar-refractivity contribution is 7.14. The fourth-order valence-electron chi connectivity index (χ4n) is 1.95. The highest BCUT2D eigenvalue weighted by Gasteiger charge is 2.16. The number of aromatic hydroxyl groups is 1.